The zero-order chi connectivity index (χ0) is 34.4. The smallest absolute Gasteiger partial charge is 0.0661 e. The molecule has 0 amide bonds. The third-order valence-corrected chi connectivity index (χ3v) is 12.2. The Kier molecular flexibility index (Phi) is 7.56. The molecule has 0 atom stereocenters. The standard InChI is InChI=1S/C48H32N2S2/c1-5-16-34(17-6-1)49(35-18-7-2-8-19-35)38-31-43-42-30-33(39-25-15-26-41-40-24-13-14-27-45(40)51-47(39)41)28-29-46(42)52-48(43)44(32-38)50(36-20-9-3-10-21-36)37-22-11-4-12-23-37/h1-32H. The molecule has 2 aromatic heterocycles. The molecule has 0 spiro atoms. The van der Waals surface area contributed by atoms with Gasteiger partial charge in [0.1, 0.15) is 0 Å². The van der Waals surface area contributed by atoms with E-state index >= 15 is 0 Å². The minimum atomic E-state index is 1.11. The normalized spacial score (nSPS) is 11.5. The first-order valence-corrected chi connectivity index (χ1v) is 19.1. The second-order valence-corrected chi connectivity index (χ2v) is 15.1. The van der Waals surface area contributed by atoms with E-state index in [2.05, 4.69) is 204 Å². The number of para-hydroxylation sites is 4. The molecule has 0 aliphatic heterocycles. The molecule has 52 heavy (non-hydrogen) atoms. The summed E-state index contributed by atoms with van der Waals surface area (Å²) < 4.78 is 5.19. The maximum Gasteiger partial charge on any atom is 0.0661 e. The fourth-order valence-corrected chi connectivity index (χ4v) is 9.87. The Labute approximate surface area is 310 Å². The molecule has 10 rings (SSSR count). The van der Waals surface area contributed by atoms with Gasteiger partial charge in [0.2, 0.25) is 0 Å². The molecule has 10 aromatic rings. The highest BCUT2D eigenvalue weighted by molar-refractivity contribution is 7.27. The summed E-state index contributed by atoms with van der Waals surface area (Å²) in [6.45, 7) is 0. The number of benzene rings is 8. The van der Waals surface area contributed by atoms with E-state index in [1.165, 1.54) is 51.5 Å². The molecule has 0 N–H and O–H groups in total. The van der Waals surface area contributed by atoms with E-state index in [1.54, 1.807) is 0 Å². The Bertz CT molecular complexity index is 2760. The summed E-state index contributed by atoms with van der Waals surface area (Å²) in [5.74, 6) is 0. The lowest BCUT2D eigenvalue weighted by Gasteiger charge is -2.30. The van der Waals surface area contributed by atoms with E-state index in [9.17, 15) is 0 Å². The largest absolute Gasteiger partial charge is 0.310 e. The highest BCUT2D eigenvalue weighted by atomic mass is 32.1. The highest BCUT2D eigenvalue weighted by Crippen LogP contribution is 2.50. The van der Waals surface area contributed by atoms with Crippen LogP contribution in [-0.4, -0.2) is 0 Å². The van der Waals surface area contributed by atoms with Crippen molar-refractivity contribution in [3.8, 4) is 11.1 Å². The summed E-state index contributed by atoms with van der Waals surface area (Å²) >= 11 is 3.76. The number of fused-ring (bicyclic) bond motifs is 6. The monoisotopic (exact) mass is 700 g/mol. The van der Waals surface area contributed by atoms with E-state index in [4.69, 9.17) is 0 Å². The molecular formula is C48H32N2S2. The van der Waals surface area contributed by atoms with Gasteiger partial charge in [-0.15, -0.1) is 22.7 Å². The van der Waals surface area contributed by atoms with Crippen LogP contribution in [-0.2, 0) is 0 Å². The van der Waals surface area contributed by atoms with E-state index < -0.39 is 0 Å². The van der Waals surface area contributed by atoms with Gasteiger partial charge in [0.05, 0.1) is 10.4 Å². The maximum atomic E-state index is 2.42. The van der Waals surface area contributed by atoms with Crippen molar-refractivity contribution in [3.05, 3.63) is 194 Å². The van der Waals surface area contributed by atoms with E-state index in [1.807, 2.05) is 22.7 Å². The number of rotatable bonds is 7. The Morgan fingerprint density at radius 2 is 0.827 bits per heavy atom. The van der Waals surface area contributed by atoms with Crippen molar-refractivity contribution < 1.29 is 0 Å². The quantitative estimate of drug-likeness (QED) is 0.163. The predicted molar refractivity (Wildman–Crippen MR) is 227 cm³/mol. The molecule has 2 nitrogen and oxygen atoms in total. The number of hydrogen-bond donors (Lipinski definition) is 0. The zero-order valence-corrected chi connectivity index (χ0v) is 29.8. The molecule has 0 saturated heterocycles. The van der Waals surface area contributed by atoms with Crippen molar-refractivity contribution in [2.75, 3.05) is 9.80 Å². The van der Waals surface area contributed by atoms with Crippen LogP contribution in [0.2, 0.25) is 0 Å². The van der Waals surface area contributed by atoms with Gasteiger partial charge in [0, 0.05) is 64.1 Å². The maximum absolute atomic E-state index is 2.42. The lowest BCUT2D eigenvalue weighted by molar-refractivity contribution is 1.26. The minimum absolute atomic E-state index is 1.11. The van der Waals surface area contributed by atoms with Crippen molar-refractivity contribution in [3.63, 3.8) is 0 Å². The fourth-order valence-electron chi connectivity index (χ4n) is 7.47. The third-order valence-electron chi connectivity index (χ3n) is 9.81. The van der Waals surface area contributed by atoms with Crippen molar-refractivity contribution in [2.45, 2.75) is 0 Å². The third kappa shape index (κ3) is 5.24. The highest BCUT2D eigenvalue weighted by Gasteiger charge is 2.23. The molecule has 0 saturated carbocycles. The number of nitrogens with zero attached hydrogens (tertiary/aromatic N) is 2. The van der Waals surface area contributed by atoms with Gasteiger partial charge in [0.25, 0.3) is 0 Å². The Balaban J connectivity index is 1.27. The van der Waals surface area contributed by atoms with Crippen LogP contribution in [0.15, 0.2) is 194 Å². The number of anilines is 6. The van der Waals surface area contributed by atoms with Crippen LogP contribution < -0.4 is 9.80 Å². The molecule has 246 valence electrons. The molecule has 0 aliphatic carbocycles. The van der Waals surface area contributed by atoms with Crippen LogP contribution in [0.3, 0.4) is 0 Å². The molecule has 0 aliphatic rings. The van der Waals surface area contributed by atoms with Gasteiger partial charge < -0.3 is 9.80 Å². The molecular weight excluding hydrogens is 669 g/mol. The average molecular weight is 701 g/mol. The van der Waals surface area contributed by atoms with Gasteiger partial charge in [-0.25, -0.2) is 0 Å². The first-order chi connectivity index (χ1) is 25.8. The first-order valence-electron chi connectivity index (χ1n) is 17.5. The number of thiophene rings is 2. The summed E-state index contributed by atoms with van der Waals surface area (Å²) in [5, 5.41) is 5.15. The molecule has 0 fully saturated rings. The molecule has 4 heteroatoms. The van der Waals surface area contributed by atoms with Crippen LogP contribution in [0.25, 0.3) is 51.5 Å². The van der Waals surface area contributed by atoms with Crippen molar-refractivity contribution in [1.29, 1.82) is 0 Å². The van der Waals surface area contributed by atoms with Crippen molar-refractivity contribution in [1.82, 2.24) is 0 Å². The second kappa shape index (κ2) is 12.8. The summed E-state index contributed by atoms with van der Waals surface area (Å²) in [7, 11) is 0. The van der Waals surface area contributed by atoms with Gasteiger partial charge in [0.15, 0.2) is 0 Å². The molecule has 0 unspecified atom stereocenters. The summed E-state index contributed by atoms with van der Waals surface area (Å²) in [4.78, 5) is 4.79. The molecule has 0 radical (unpaired) electrons. The first kappa shape index (κ1) is 30.6. The summed E-state index contributed by atoms with van der Waals surface area (Å²) in [6, 6.07) is 70.2. The molecule has 2 heterocycles. The van der Waals surface area contributed by atoms with Crippen LogP contribution in [0.5, 0.6) is 0 Å². The Morgan fingerprint density at radius 1 is 0.308 bits per heavy atom. The van der Waals surface area contributed by atoms with Crippen molar-refractivity contribution in [2.24, 2.45) is 0 Å². The molecule has 8 aromatic carbocycles. The van der Waals surface area contributed by atoms with Gasteiger partial charge in [-0.2, -0.15) is 0 Å². The lowest BCUT2D eigenvalue weighted by Crippen LogP contribution is -2.13. The van der Waals surface area contributed by atoms with Crippen LogP contribution >= 0.6 is 22.7 Å². The predicted octanol–water partition coefficient (Wildman–Crippen LogP) is 15.0. The fraction of sp³-hybridized carbons (Fsp3) is 0. The Morgan fingerprint density at radius 3 is 1.46 bits per heavy atom. The SMILES string of the molecule is c1ccc(N(c2ccccc2)c2cc(N(c3ccccc3)c3ccccc3)c3sc4ccc(-c5cccc6c5sc5ccccc56)cc4c3c2)cc1. The van der Waals surface area contributed by atoms with Crippen molar-refractivity contribution >= 4 is 97.1 Å². The lowest BCUT2D eigenvalue weighted by atomic mass is 10.00. The van der Waals surface area contributed by atoms with Crippen LogP contribution in [0.1, 0.15) is 0 Å². The van der Waals surface area contributed by atoms with Gasteiger partial charge in [-0.3, -0.25) is 0 Å². The second-order valence-electron chi connectivity index (χ2n) is 12.9. The minimum Gasteiger partial charge on any atom is -0.310 e. The van der Waals surface area contributed by atoms with E-state index in [-0.39, 0.29) is 0 Å². The molecule has 0 bridgehead atoms. The van der Waals surface area contributed by atoms with Gasteiger partial charge >= 0.3 is 0 Å². The van der Waals surface area contributed by atoms with Gasteiger partial charge in [-0.05, 0) is 90.0 Å². The van der Waals surface area contributed by atoms with Crippen LogP contribution in [0, 0.1) is 0 Å². The summed E-state index contributed by atoms with van der Waals surface area (Å²) in [6.07, 6.45) is 0. The zero-order valence-electron chi connectivity index (χ0n) is 28.2. The topological polar surface area (TPSA) is 6.48 Å². The van der Waals surface area contributed by atoms with Gasteiger partial charge in [-0.1, -0.05) is 115 Å². The number of hydrogen-bond acceptors (Lipinski definition) is 4. The average Bonchev–Trinajstić information content (AvgIpc) is 3.78. The van der Waals surface area contributed by atoms with E-state index in [0.29, 0.717) is 0 Å². The summed E-state index contributed by atoms with van der Waals surface area (Å²) in [5.41, 5.74) is 9.23. The Hall–Kier alpha value is -6.20. The van der Waals surface area contributed by atoms with E-state index in [0.717, 1.165) is 34.1 Å². The van der Waals surface area contributed by atoms with Crippen LogP contribution in [0.4, 0.5) is 34.1 Å².